The zero-order valence-corrected chi connectivity index (χ0v) is 19.8. The van der Waals surface area contributed by atoms with Crippen molar-refractivity contribution in [3.05, 3.63) is 97.0 Å². The van der Waals surface area contributed by atoms with E-state index in [0.29, 0.717) is 28.6 Å². The fourth-order valence-electron chi connectivity index (χ4n) is 2.85. The third kappa shape index (κ3) is 6.35. The molecule has 0 atom stereocenters. The van der Waals surface area contributed by atoms with E-state index in [1.807, 2.05) is 0 Å². The third-order valence-corrected chi connectivity index (χ3v) is 6.96. The van der Waals surface area contributed by atoms with Crippen LogP contribution in [0.25, 0.3) is 0 Å². The molecule has 172 valence electrons. The van der Waals surface area contributed by atoms with E-state index < -0.39 is 25.5 Å². The maximum Gasteiger partial charge on any atom is 0.270 e. The average Bonchev–Trinajstić information content (AvgIpc) is 2.75. The van der Waals surface area contributed by atoms with Gasteiger partial charge in [0.05, 0.1) is 9.95 Å². The summed E-state index contributed by atoms with van der Waals surface area (Å²) in [4.78, 5) is 22.1. The van der Waals surface area contributed by atoms with Gasteiger partial charge in [0, 0.05) is 40.0 Å². The number of sulfonamides is 1. The quantitative estimate of drug-likeness (QED) is 0.303. The lowest BCUT2D eigenvalue weighted by Crippen LogP contribution is -2.25. The molecule has 3 aromatic carbocycles. The number of amides is 1. The van der Waals surface area contributed by atoms with Crippen LogP contribution >= 0.6 is 34.8 Å². The number of nitrogens with one attached hydrogen (secondary N) is 2. The summed E-state index contributed by atoms with van der Waals surface area (Å²) in [6, 6.07) is 13.9. The van der Waals surface area contributed by atoms with Crippen LogP contribution < -0.4 is 10.0 Å². The minimum atomic E-state index is -4.19. The molecule has 0 fully saturated rings. The molecule has 0 heterocycles. The molecule has 0 aliphatic heterocycles. The zero-order valence-electron chi connectivity index (χ0n) is 16.7. The molecule has 3 rings (SSSR count). The molecule has 2 N–H and O–H groups in total. The molecule has 33 heavy (non-hydrogen) atoms. The molecule has 0 saturated carbocycles. The van der Waals surface area contributed by atoms with E-state index in [2.05, 4.69) is 10.0 Å². The number of nitro benzene ring substituents is 1. The normalized spacial score (nSPS) is 11.1. The number of non-ortho nitro benzene ring substituents is 1. The Morgan fingerprint density at radius 2 is 1.64 bits per heavy atom. The van der Waals surface area contributed by atoms with Gasteiger partial charge in [-0.25, -0.2) is 8.42 Å². The van der Waals surface area contributed by atoms with E-state index in [1.165, 1.54) is 24.3 Å². The molecule has 0 unspecified atom stereocenters. The predicted octanol–water partition coefficient (Wildman–Crippen LogP) is 5.33. The summed E-state index contributed by atoms with van der Waals surface area (Å²) in [5.74, 6) is -0.351. The smallest absolute Gasteiger partial charge is 0.270 e. The molecule has 8 nitrogen and oxygen atoms in total. The molecule has 0 spiro atoms. The predicted molar refractivity (Wildman–Crippen MR) is 128 cm³/mol. The van der Waals surface area contributed by atoms with E-state index in [-0.39, 0.29) is 16.6 Å². The van der Waals surface area contributed by atoms with E-state index in [1.54, 1.807) is 18.2 Å². The topological polar surface area (TPSA) is 118 Å². The Hall–Kier alpha value is -2.85. The second kappa shape index (κ2) is 10.4. The number of nitro groups is 1. The lowest BCUT2D eigenvalue weighted by Gasteiger charge is -2.11. The van der Waals surface area contributed by atoms with Gasteiger partial charge in [0.1, 0.15) is 4.90 Å². The van der Waals surface area contributed by atoms with Crippen LogP contribution in [0.15, 0.2) is 65.6 Å². The molecule has 3 aromatic rings. The van der Waals surface area contributed by atoms with Crippen LogP contribution in [0.1, 0.15) is 15.9 Å². The Kier molecular flexibility index (Phi) is 7.80. The highest BCUT2D eigenvalue weighted by molar-refractivity contribution is 7.92. The molecular weight excluding hydrogens is 513 g/mol. The first-order valence-electron chi connectivity index (χ1n) is 9.36. The van der Waals surface area contributed by atoms with Crippen LogP contribution in [0.4, 0.5) is 11.4 Å². The van der Waals surface area contributed by atoms with Crippen molar-refractivity contribution in [3.63, 3.8) is 0 Å². The number of benzene rings is 3. The first kappa shape index (κ1) is 24.8. The SMILES string of the molecule is O=C(NCCc1ccc(Cl)cc1Cl)c1ccc(NS(=O)(=O)c2cc([N+](=O)[O-])ccc2Cl)cc1. The number of nitrogens with zero attached hydrogens (tertiary/aromatic N) is 1. The lowest BCUT2D eigenvalue weighted by atomic mass is 10.1. The number of hydrogen-bond acceptors (Lipinski definition) is 5. The van der Waals surface area contributed by atoms with Crippen LogP contribution in [0, 0.1) is 10.1 Å². The highest BCUT2D eigenvalue weighted by atomic mass is 35.5. The van der Waals surface area contributed by atoms with Gasteiger partial charge in [-0.1, -0.05) is 40.9 Å². The van der Waals surface area contributed by atoms with Gasteiger partial charge in [-0.15, -0.1) is 0 Å². The summed E-state index contributed by atoms with van der Waals surface area (Å²) in [7, 11) is -4.19. The van der Waals surface area contributed by atoms with Gasteiger partial charge >= 0.3 is 0 Å². The number of rotatable bonds is 8. The first-order chi connectivity index (χ1) is 15.6. The molecule has 0 aliphatic rings. The van der Waals surface area contributed by atoms with E-state index in [4.69, 9.17) is 34.8 Å². The Bertz CT molecular complexity index is 1320. The molecule has 0 radical (unpaired) electrons. The van der Waals surface area contributed by atoms with Crippen LogP contribution in [-0.4, -0.2) is 25.8 Å². The molecule has 0 bridgehead atoms. The molecule has 12 heteroatoms. The van der Waals surface area contributed by atoms with Crippen molar-refractivity contribution in [1.29, 1.82) is 0 Å². The molecule has 0 aliphatic carbocycles. The number of hydrogen-bond donors (Lipinski definition) is 2. The fraction of sp³-hybridized carbons (Fsp3) is 0.0952. The highest BCUT2D eigenvalue weighted by Crippen LogP contribution is 2.28. The molecular formula is C21H16Cl3N3O5S. The van der Waals surface area contributed by atoms with Crippen molar-refractivity contribution in [2.45, 2.75) is 11.3 Å². The fourth-order valence-corrected chi connectivity index (χ4v) is 4.93. The number of carbonyl (C=O) groups is 1. The van der Waals surface area contributed by atoms with E-state index in [0.717, 1.165) is 23.8 Å². The van der Waals surface area contributed by atoms with Crippen LogP contribution in [0.5, 0.6) is 0 Å². The monoisotopic (exact) mass is 527 g/mol. The Labute approximate surface area is 204 Å². The van der Waals surface area contributed by atoms with Crippen LogP contribution in [-0.2, 0) is 16.4 Å². The van der Waals surface area contributed by atoms with Crippen LogP contribution in [0.2, 0.25) is 15.1 Å². The summed E-state index contributed by atoms with van der Waals surface area (Å²) in [6.07, 6.45) is 0.504. The van der Waals surface area contributed by atoms with Crippen molar-refractivity contribution in [2.75, 3.05) is 11.3 Å². The van der Waals surface area contributed by atoms with E-state index in [9.17, 15) is 23.3 Å². The van der Waals surface area contributed by atoms with Crippen molar-refractivity contribution in [2.24, 2.45) is 0 Å². The van der Waals surface area contributed by atoms with Gasteiger partial charge in [-0.2, -0.15) is 0 Å². The van der Waals surface area contributed by atoms with Gasteiger partial charge < -0.3 is 5.32 Å². The average molecular weight is 529 g/mol. The summed E-state index contributed by atoms with van der Waals surface area (Å²) < 4.78 is 27.5. The minimum absolute atomic E-state index is 0.155. The van der Waals surface area contributed by atoms with Crippen molar-refractivity contribution >= 4 is 62.1 Å². The zero-order chi connectivity index (χ0) is 24.2. The second-order valence-corrected chi connectivity index (χ2v) is 9.70. The Morgan fingerprint density at radius 1 is 0.939 bits per heavy atom. The Balaban J connectivity index is 1.64. The highest BCUT2D eigenvalue weighted by Gasteiger charge is 2.22. The van der Waals surface area contributed by atoms with Gasteiger partial charge in [0.2, 0.25) is 0 Å². The third-order valence-electron chi connectivity index (χ3n) is 4.51. The maximum absolute atomic E-state index is 12.6. The standard InChI is InChI=1S/C21H16Cl3N3O5S/c22-15-4-1-13(19(24)11-15)9-10-25-21(28)14-2-5-16(6-3-14)26-33(31,32)20-12-17(27(29)30)7-8-18(20)23/h1-8,11-12,26H,9-10H2,(H,25,28). The second-order valence-electron chi connectivity index (χ2n) is 6.80. The number of carbonyl (C=O) groups excluding carboxylic acids is 1. The Morgan fingerprint density at radius 3 is 2.27 bits per heavy atom. The lowest BCUT2D eigenvalue weighted by molar-refractivity contribution is -0.385. The van der Waals surface area contributed by atoms with Gasteiger partial charge in [0.25, 0.3) is 21.6 Å². The first-order valence-corrected chi connectivity index (χ1v) is 12.0. The maximum atomic E-state index is 12.6. The largest absolute Gasteiger partial charge is 0.352 e. The summed E-state index contributed by atoms with van der Waals surface area (Å²) in [5, 5.41) is 14.6. The van der Waals surface area contributed by atoms with Gasteiger partial charge in [-0.05, 0) is 54.4 Å². The minimum Gasteiger partial charge on any atom is -0.352 e. The molecule has 1 amide bonds. The summed E-state index contributed by atoms with van der Waals surface area (Å²) in [6.45, 7) is 0.333. The number of halogens is 3. The summed E-state index contributed by atoms with van der Waals surface area (Å²) >= 11 is 17.9. The summed E-state index contributed by atoms with van der Waals surface area (Å²) in [5.41, 5.74) is 0.896. The van der Waals surface area contributed by atoms with Crippen LogP contribution in [0.3, 0.4) is 0 Å². The van der Waals surface area contributed by atoms with Gasteiger partial charge in [-0.3, -0.25) is 19.6 Å². The van der Waals surface area contributed by atoms with Crippen molar-refractivity contribution in [3.8, 4) is 0 Å². The van der Waals surface area contributed by atoms with Gasteiger partial charge in [0.15, 0.2) is 0 Å². The molecule has 0 aromatic heterocycles. The van der Waals surface area contributed by atoms with Crippen molar-refractivity contribution in [1.82, 2.24) is 5.32 Å². The number of anilines is 1. The van der Waals surface area contributed by atoms with Crippen molar-refractivity contribution < 1.29 is 18.1 Å². The van der Waals surface area contributed by atoms with E-state index >= 15 is 0 Å². The molecule has 0 saturated heterocycles.